The number of benzene rings is 1. The summed E-state index contributed by atoms with van der Waals surface area (Å²) in [6, 6.07) is 8.96. The van der Waals surface area contributed by atoms with Crippen LogP contribution in [0.5, 0.6) is 0 Å². The summed E-state index contributed by atoms with van der Waals surface area (Å²) in [7, 11) is 1.62. The van der Waals surface area contributed by atoms with Gasteiger partial charge in [-0.05, 0) is 53.7 Å². The molecular formula is C22H27N3O3S2. The van der Waals surface area contributed by atoms with Crippen LogP contribution in [0.3, 0.4) is 0 Å². The summed E-state index contributed by atoms with van der Waals surface area (Å²) in [5.74, 6) is -0.186. The lowest BCUT2D eigenvalue weighted by molar-refractivity contribution is 0.0903. The molecule has 0 radical (unpaired) electrons. The number of amides is 1. The predicted octanol–water partition coefficient (Wildman–Crippen LogP) is 4.67. The fourth-order valence-corrected chi connectivity index (χ4v) is 4.65. The van der Waals surface area contributed by atoms with E-state index in [4.69, 9.17) is 17.0 Å². The number of nitrogens with one attached hydrogen (secondary N) is 2. The molecule has 160 valence electrons. The monoisotopic (exact) mass is 445 g/mol. The Labute approximate surface area is 184 Å². The number of rotatable bonds is 7. The number of H-pyrrole nitrogens is 1. The van der Waals surface area contributed by atoms with Crippen LogP contribution in [0.1, 0.15) is 48.5 Å². The lowest BCUT2D eigenvalue weighted by Gasteiger charge is -2.30. The minimum Gasteiger partial charge on any atom is -0.385 e. The van der Waals surface area contributed by atoms with Crippen molar-refractivity contribution in [1.82, 2.24) is 14.9 Å². The molecule has 0 saturated carbocycles. The van der Waals surface area contributed by atoms with Crippen molar-refractivity contribution in [1.29, 1.82) is 0 Å². The van der Waals surface area contributed by atoms with Crippen molar-refractivity contribution >= 4 is 40.4 Å². The smallest absolute Gasteiger partial charge is 0.262 e. The molecule has 0 aliphatic carbocycles. The summed E-state index contributed by atoms with van der Waals surface area (Å²) in [6.45, 7) is 7.33. The molecule has 2 heterocycles. The lowest BCUT2D eigenvalue weighted by Crippen LogP contribution is -2.36. The molecule has 6 nitrogen and oxygen atoms in total. The van der Waals surface area contributed by atoms with E-state index in [2.05, 4.69) is 31.1 Å². The largest absolute Gasteiger partial charge is 0.385 e. The molecule has 8 heteroatoms. The second-order valence-electron chi connectivity index (χ2n) is 8.28. The van der Waals surface area contributed by atoms with Gasteiger partial charge in [0.1, 0.15) is 0 Å². The van der Waals surface area contributed by atoms with E-state index < -0.39 is 0 Å². The summed E-state index contributed by atoms with van der Waals surface area (Å²) in [5.41, 5.74) is 0.732. The Hall–Kier alpha value is -2.29. The van der Waals surface area contributed by atoms with E-state index in [1.54, 1.807) is 36.6 Å². The summed E-state index contributed by atoms with van der Waals surface area (Å²) < 4.78 is 6.92. The van der Waals surface area contributed by atoms with Gasteiger partial charge < -0.3 is 15.0 Å². The standard InChI is InChI=1S/C22H27N3O3S2/c1-22(2,3)18(17-7-5-12-30-17)24-19(26)14-8-9-15-16(13-14)23-21(29)25(20(15)27)10-6-11-28-4/h5,7-9,12-13,18H,6,10-11H2,1-4H3,(H,23,29)(H,24,26). The van der Waals surface area contributed by atoms with Crippen molar-refractivity contribution in [3.05, 3.63) is 61.3 Å². The maximum absolute atomic E-state index is 13.0. The highest BCUT2D eigenvalue weighted by atomic mass is 32.1. The number of thiophene rings is 1. The fourth-order valence-electron chi connectivity index (χ4n) is 3.35. The van der Waals surface area contributed by atoms with Crippen molar-refractivity contribution in [3.63, 3.8) is 0 Å². The van der Waals surface area contributed by atoms with Crippen molar-refractivity contribution in [2.24, 2.45) is 5.41 Å². The van der Waals surface area contributed by atoms with E-state index >= 15 is 0 Å². The molecule has 1 aromatic carbocycles. The second kappa shape index (κ2) is 9.24. The lowest BCUT2D eigenvalue weighted by atomic mass is 9.85. The van der Waals surface area contributed by atoms with Crippen LogP contribution in [0.4, 0.5) is 0 Å². The normalized spacial score (nSPS) is 12.8. The van der Waals surface area contributed by atoms with Gasteiger partial charge in [-0.25, -0.2) is 0 Å². The van der Waals surface area contributed by atoms with Gasteiger partial charge in [-0.2, -0.15) is 0 Å². The molecule has 30 heavy (non-hydrogen) atoms. The van der Waals surface area contributed by atoms with E-state index in [0.29, 0.717) is 40.8 Å². The van der Waals surface area contributed by atoms with Gasteiger partial charge in [-0.1, -0.05) is 26.8 Å². The molecule has 3 rings (SSSR count). The van der Waals surface area contributed by atoms with Crippen molar-refractivity contribution < 1.29 is 9.53 Å². The average molecular weight is 446 g/mol. The molecule has 2 aromatic heterocycles. The molecule has 1 atom stereocenters. The Kier molecular flexibility index (Phi) is 6.90. The minimum atomic E-state index is -0.186. The Bertz CT molecular complexity index is 1140. The Balaban J connectivity index is 1.91. The van der Waals surface area contributed by atoms with Gasteiger partial charge in [0.25, 0.3) is 11.5 Å². The topological polar surface area (TPSA) is 76.1 Å². The average Bonchev–Trinajstić information content (AvgIpc) is 3.21. The van der Waals surface area contributed by atoms with Crippen LogP contribution in [0.2, 0.25) is 0 Å². The second-order valence-corrected chi connectivity index (χ2v) is 9.65. The number of aromatic amines is 1. The molecule has 1 unspecified atom stereocenters. The zero-order chi connectivity index (χ0) is 21.9. The van der Waals surface area contributed by atoms with Crippen molar-refractivity contribution in [2.45, 2.75) is 39.8 Å². The van der Waals surface area contributed by atoms with Crippen LogP contribution in [-0.2, 0) is 11.3 Å². The SMILES string of the molecule is COCCCn1c(=S)[nH]c2cc(C(=O)NC(c3cccs3)C(C)(C)C)ccc2c1=O. The van der Waals surface area contributed by atoms with Crippen molar-refractivity contribution in [2.75, 3.05) is 13.7 Å². The number of methoxy groups -OCH3 is 1. The first-order chi connectivity index (χ1) is 14.2. The van der Waals surface area contributed by atoms with E-state index in [-0.39, 0.29) is 22.9 Å². The third kappa shape index (κ3) is 4.88. The first-order valence-corrected chi connectivity index (χ1v) is 11.1. The number of hydrogen-bond acceptors (Lipinski definition) is 5. The summed E-state index contributed by atoms with van der Waals surface area (Å²) in [4.78, 5) is 30.0. The Morgan fingerprint density at radius 2 is 2.10 bits per heavy atom. The van der Waals surface area contributed by atoms with Crippen LogP contribution in [0.25, 0.3) is 10.9 Å². The molecule has 3 aromatic rings. The van der Waals surface area contributed by atoms with Crippen LogP contribution in [0.15, 0.2) is 40.5 Å². The zero-order valence-electron chi connectivity index (χ0n) is 17.7. The summed E-state index contributed by atoms with van der Waals surface area (Å²) >= 11 is 6.99. The number of ether oxygens (including phenoxy) is 1. The van der Waals surface area contributed by atoms with Gasteiger partial charge in [0.15, 0.2) is 4.77 Å². The first kappa shape index (κ1) is 22.4. The number of hydrogen-bond donors (Lipinski definition) is 2. The van der Waals surface area contributed by atoms with E-state index in [1.807, 2.05) is 17.5 Å². The quantitative estimate of drug-likeness (QED) is 0.409. The molecule has 0 fully saturated rings. The van der Waals surface area contributed by atoms with Gasteiger partial charge in [0, 0.05) is 30.7 Å². The van der Waals surface area contributed by atoms with Crippen LogP contribution >= 0.6 is 23.6 Å². The highest BCUT2D eigenvalue weighted by molar-refractivity contribution is 7.71. The molecule has 0 saturated heterocycles. The van der Waals surface area contributed by atoms with Crippen molar-refractivity contribution in [3.8, 4) is 0 Å². The summed E-state index contributed by atoms with van der Waals surface area (Å²) in [5, 5.41) is 5.66. The van der Waals surface area contributed by atoms with Gasteiger partial charge in [0.2, 0.25) is 0 Å². The maximum Gasteiger partial charge on any atom is 0.262 e. The van der Waals surface area contributed by atoms with E-state index in [9.17, 15) is 9.59 Å². The first-order valence-electron chi connectivity index (χ1n) is 9.82. The number of fused-ring (bicyclic) bond motifs is 1. The van der Waals surface area contributed by atoms with Gasteiger partial charge in [-0.3, -0.25) is 14.2 Å². The number of carbonyl (C=O) groups is 1. The van der Waals surface area contributed by atoms with Crippen LogP contribution < -0.4 is 10.9 Å². The molecule has 2 N–H and O–H groups in total. The number of aromatic nitrogens is 2. The van der Waals surface area contributed by atoms with E-state index in [1.165, 1.54) is 4.57 Å². The molecule has 0 aliphatic heterocycles. The van der Waals surface area contributed by atoms with Gasteiger partial charge >= 0.3 is 0 Å². The molecule has 0 bridgehead atoms. The molecular weight excluding hydrogens is 418 g/mol. The zero-order valence-corrected chi connectivity index (χ0v) is 19.3. The van der Waals surface area contributed by atoms with Gasteiger partial charge in [0.05, 0.1) is 16.9 Å². The highest BCUT2D eigenvalue weighted by Gasteiger charge is 2.29. The minimum absolute atomic E-state index is 0.118. The molecule has 0 aliphatic rings. The predicted molar refractivity (Wildman–Crippen MR) is 124 cm³/mol. The third-order valence-electron chi connectivity index (χ3n) is 4.94. The fraction of sp³-hybridized carbons (Fsp3) is 0.409. The molecule has 0 spiro atoms. The van der Waals surface area contributed by atoms with Gasteiger partial charge in [-0.15, -0.1) is 11.3 Å². The van der Waals surface area contributed by atoms with Crippen LogP contribution in [0, 0.1) is 10.2 Å². The Morgan fingerprint density at radius 3 is 2.73 bits per heavy atom. The maximum atomic E-state index is 13.0. The summed E-state index contributed by atoms with van der Waals surface area (Å²) in [6.07, 6.45) is 0.691. The van der Waals surface area contributed by atoms with Crippen LogP contribution in [-0.4, -0.2) is 29.2 Å². The highest BCUT2D eigenvalue weighted by Crippen LogP contribution is 2.35. The third-order valence-corrected chi connectivity index (χ3v) is 6.20. The Morgan fingerprint density at radius 1 is 1.33 bits per heavy atom. The van der Waals surface area contributed by atoms with E-state index in [0.717, 1.165) is 4.88 Å². The number of nitrogens with zero attached hydrogens (tertiary/aromatic N) is 1. The molecule has 1 amide bonds. The number of carbonyl (C=O) groups excluding carboxylic acids is 1.